The summed E-state index contributed by atoms with van der Waals surface area (Å²) in [6, 6.07) is 67.9. The smallest absolute Gasteiger partial charge is 0.135 e. The first-order chi connectivity index (χ1) is 35.7. The first kappa shape index (κ1) is 45.6. The number of rotatable bonds is 8. The molecular weight excluding hydrogens is 1070 g/mol. The molecule has 8 aromatic carbocycles. The van der Waals surface area contributed by atoms with Crippen LogP contribution in [-0.2, 0) is 37.3 Å². The molecule has 5 nitrogen and oxygen atoms in total. The quantitative estimate of drug-likeness (QED) is 0.142. The van der Waals surface area contributed by atoms with E-state index in [1.165, 1.54) is 11.1 Å². The van der Waals surface area contributed by atoms with E-state index in [2.05, 4.69) is 206 Å². The van der Waals surface area contributed by atoms with Gasteiger partial charge in [-0.1, -0.05) is 177 Å². The molecule has 73 heavy (non-hydrogen) atoms. The molecule has 1 aliphatic rings. The van der Waals surface area contributed by atoms with Crippen molar-refractivity contribution in [1.29, 1.82) is 0 Å². The standard InChI is InChI=1S/C67H61N4O.Pt/c1-44-33-64(68-42-59(44)49-23-17-24-50(34-49)65(2,3)4)71-60-31-27-47(45-19-13-11-14-20-45)35-58(60)57-30-29-56(41-62(57)71)72-55-26-18-25-53(40-55)69-43-70(54-38-51(66(5,6)7)37-52(39-54)67(8,9)10)61-32-28-48(36-63(61)69)46-21-15-12-16-22-46;/h11-39,42-43H,1-10H3;/q-3;/i1D3;. The van der Waals surface area contributed by atoms with Crippen LogP contribution in [0.4, 0.5) is 22.7 Å². The van der Waals surface area contributed by atoms with E-state index < -0.39 is 6.85 Å². The third kappa shape index (κ3) is 9.64. The minimum atomic E-state index is -2.43. The molecule has 0 amide bonds. The van der Waals surface area contributed by atoms with Gasteiger partial charge in [-0.05, 0) is 115 Å². The summed E-state index contributed by atoms with van der Waals surface area (Å²) in [7, 11) is 0. The molecule has 1 aliphatic heterocycles. The van der Waals surface area contributed by atoms with Gasteiger partial charge in [-0.2, -0.15) is 12.1 Å². The SMILES string of the molecule is [2H]C([2H])([2H])c1cc(-n2c3[c-]c(Oc4[c-]c(N5[CH-]N(c6cc(C(C)(C)C)cc(C(C)(C)C)c6)c6ccc(-c7ccccc7)cc65)ccc4)ccc3c3cc(-c4ccccc4)ccc32)ncc1-c1cccc(C(C)(C)C)c1.[Pt]. The Morgan fingerprint density at radius 3 is 1.81 bits per heavy atom. The molecule has 0 radical (unpaired) electrons. The number of anilines is 4. The summed E-state index contributed by atoms with van der Waals surface area (Å²) in [5, 5.41) is 1.90. The molecule has 0 spiro atoms. The first-order valence-electron chi connectivity index (χ1n) is 26.3. The largest absolute Gasteiger partial charge is 0.509 e. The van der Waals surface area contributed by atoms with E-state index in [0.29, 0.717) is 28.4 Å². The van der Waals surface area contributed by atoms with E-state index in [0.717, 1.165) is 72.4 Å². The van der Waals surface area contributed by atoms with Gasteiger partial charge in [0.25, 0.3) is 0 Å². The first-order valence-corrected chi connectivity index (χ1v) is 24.8. The van der Waals surface area contributed by atoms with Crippen LogP contribution in [0.1, 0.15) is 88.7 Å². The van der Waals surface area contributed by atoms with Gasteiger partial charge < -0.3 is 19.1 Å². The summed E-state index contributed by atoms with van der Waals surface area (Å²) >= 11 is 0. The topological polar surface area (TPSA) is 33.5 Å². The van der Waals surface area contributed by atoms with Crippen molar-refractivity contribution < 1.29 is 29.9 Å². The maximum Gasteiger partial charge on any atom is 0.135 e. The summed E-state index contributed by atoms with van der Waals surface area (Å²) in [5.41, 5.74) is 15.0. The van der Waals surface area contributed by atoms with Gasteiger partial charge in [0.2, 0.25) is 0 Å². The average molecular weight is 1140 g/mol. The number of fused-ring (bicyclic) bond motifs is 4. The third-order valence-corrected chi connectivity index (χ3v) is 13.9. The van der Waals surface area contributed by atoms with Crippen molar-refractivity contribution in [2.45, 2.75) is 85.4 Å². The second kappa shape index (κ2) is 19.0. The minimum Gasteiger partial charge on any atom is -0.509 e. The molecule has 6 heteroatoms. The second-order valence-corrected chi connectivity index (χ2v) is 22.1. The molecule has 10 aromatic rings. The molecule has 0 saturated heterocycles. The van der Waals surface area contributed by atoms with E-state index in [1.54, 1.807) is 12.3 Å². The van der Waals surface area contributed by atoms with Crippen molar-refractivity contribution >= 4 is 44.6 Å². The number of pyridine rings is 1. The summed E-state index contributed by atoms with van der Waals surface area (Å²) in [4.78, 5) is 9.54. The van der Waals surface area contributed by atoms with Gasteiger partial charge in [0.1, 0.15) is 5.82 Å². The summed E-state index contributed by atoms with van der Waals surface area (Å²) in [6.45, 7) is 19.8. The zero-order valence-electron chi connectivity index (χ0n) is 45.9. The summed E-state index contributed by atoms with van der Waals surface area (Å²) in [6.07, 6.45) is 1.71. The van der Waals surface area contributed by atoms with Crippen LogP contribution >= 0.6 is 0 Å². The van der Waals surface area contributed by atoms with E-state index in [-0.39, 0.29) is 42.9 Å². The van der Waals surface area contributed by atoms with Crippen LogP contribution in [0.3, 0.4) is 0 Å². The summed E-state index contributed by atoms with van der Waals surface area (Å²) in [5.74, 6) is 1.46. The number of hydrogen-bond acceptors (Lipinski definition) is 4. The predicted molar refractivity (Wildman–Crippen MR) is 301 cm³/mol. The molecule has 0 atom stereocenters. The van der Waals surface area contributed by atoms with E-state index >= 15 is 0 Å². The van der Waals surface area contributed by atoms with Gasteiger partial charge in [0, 0.05) is 71.0 Å². The van der Waals surface area contributed by atoms with Gasteiger partial charge in [-0.25, -0.2) is 4.98 Å². The Morgan fingerprint density at radius 2 is 1.14 bits per heavy atom. The molecule has 0 bridgehead atoms. The van der Waals surface area contributed by atoms with Crippen LogP contribution in [-0.4, -0.2) is 9.55 Å². The van der Waals surface area contributed by atoms with Crippen molar-refractivity contribution in [2.75, 3.05) is 9.80 Å². The number of ether oxygens (including phenoxy) is 1. The molecule has 0 saturated carbocycles. The van der Waals surface area contributed by atoms with Crippen molar-refractivity contribution in [3.8, 4) is 50.7 Å². The molecule has 11 rings (SSSR count). The van der Waals surface area contributed by atoms with Crippen LogP contribution in [0.5, 0.6) is 11.5 Å². The Kier molecular flexibility index (Phi) is 11.9. The Labute approximate surface area is 450 Å². The maximum absolute atomic E-state index is 8.81. The van der Waals surface area contributed by atoms with Gasteiger partial charge in [0.15, 0.2) is 0 Å². The predicted octanol–water partition coefficient (Wildman–Crippen LogP) is 18.2. The fourth-order valence-corrected chi connectivity index (χ4v) is 9.72. The normalized spacial score (nSPS) is 13.6. The molecule has 368 valence electrons. The minimum absolute atomic E-state index is 0. The van der Waals surface area contributed by atoms with Crippen LogP contribution in [0.15, 0.2) is 182 Å². The third-order valence-electron chi connectivity index (χ3n) is 13.9. The molecule has 2 aromatic heterocycles. The molecule has 0 fully saturated rings. The Bertz CT molecular complexity index is 3760. The number of nitrogens with zero attached hydrogens (tertiary/aromatic N) is 4. The number of hydrogen-bond donors (Lipinski definition) is 0. The molecule has 0 unspecified atom stereocenters. The van der Waals surface area contributed by atoms with E-state index in [9.17, 15) is 0 Å². The average Bonchev–Trinajstić information content (AvgIpc) is 4.08. The van der Waals surface area contributed by atoms with Crippen LogP contribution in [0, 0.1) is 25.7 Å². The monoisotopic (exact) mass is 1140 g/mol. The molecule has 0 aliphatic carbocycles. The van der Waals surface area contributed by atoms with Gasteiger partial charge in [-0.15, -0.1) is 48.1 Å². The zero-order chi connectivity index (χ0) is 52.6. The van der Waals surface area contributed by atoms with E-state index in [1.807, 2.05) is 59.2 Å². The maximum atomic E-state index is 8.81. The molecule has 0 N–H and O–H groups in total. The van der Waals surface area contributed by atoms with Gasteiger partial charge in [0.05, 0.1) is 0 Å². The molecule has 3 heterocycles. The Balaban J connectivity index is 0.00000657. The number of benzene rings is 8. The number of aromatic nitrogens is 2. The van der Waals surface area contributed by atoms with E-state index in [4.69, 9.17) is 13.8 Å². The van der Waals surface area contributed by atoms with Crippen LogP contribution in [0.25, 0.3) is 61.0 Å². The summed E-state index contributed by atoms with van der Waals surface area (Å²) < 4.78 is 35.2. The molecular formula is C67H61N4OPt-3. The fraction of sp³-hybridized carbons (Fsp3) is 0.194. The van der Waals surface area contributed by atoms with Crippen molar-refractivity contribution in [2.24, 2.45) is 0 Å². The van der Waals surface area contributed by atoms with Crippen molar-refractivity contribution in [3.05, 3.63) is 223 Å². The Hall–Kier alpha value is -7.20. The Morgan fingerprint density at radius 1 is 0.507 bits per heavy atom. The fourth-order valence-electron chi connectivity index (χ4n) is 9.72. The number of aryl methyl sites for hydroxylation is 1. The second-order valence-electron chi connectivity index (χ2n) is 22.1. The van der Waals surface area contributed by atoms with Crippen molar-refractivity contribution in [3.63, 3.8) is 0 Å². The zero-order valence-corrected chi connectivity index (χ0v) is 45.2. The van der Waals surface area contributed by atoms with Gasteiger partial charge >= 0.3 is 0 Å². The van der Waals surface area contributed by atoms with Crippen LogP contribution in [0.2, 0.25) is 0 Å². The van der Waals surface area contributed by atoms with Crippen molar-refractivity contribution in [1.82, 2.24) is 9.55 Å². The van der Waals surface area contributed by atoms with Crippen LogP contribution < -0.4 is 14.5 Å². The van der Waals surface area contributed by atoms with Gasteiger partial charge in [-0.3, -0.25) is 0 Å².